The highest BCUT2D eigenvalue weighted by molar-refractivity contribution is 9.13. The first-order valence-corrected chi connectivity index (χ1v) is 8.21. The van der Waals surface area contributed by atoms with Crippen molar-refractivity contribution < 1.29 is 5.11 Å². The number of hydrogen-bond donors (Lipinski definition) is 2. The summed E-state index contributed by atoms with van der Waals surface area (Å²) in [5, 5.41) is 10.6. The Bertz CT molecular complexity index is 390. The van der Waals surface area contributed by atoms with E-state index in [1.807, 2.05) is 6.07 Å². The lowest BCUT2D eigenvalue weighted by Crippen LogP contribution is -2.34. The molecule has 1 aliphatic rings. The van der Waals surface area contributed by atoms with Gasteiger partial charge >= 0.3 is 0 Å². The van der Waals surface area contributed by atoms with Crippen molar-refractivity contribution in [2.75, 3.05) is 6.54 Å². The normalized spacial score (nSPS) is 30.8. The maximum Gasteiger partial charge on any atom is 0.0950 e. The Hall–Kier alpha value is 0.580. The third-order valence-electron chi connectivity index (χ3n) is 3.81. The van der Waals surface area contributed by atoms with E-state index >= 15 is 0 Å². The molecule has 3 atom stereocenters. The van der Waals surface area contributed by atoms with Crippen molar-refractivity contribution in [2.24, 2.45) is 17.1 Å². The number of aliphatic hydroxyl groups excluding tert-OH is 1. The summed E-state index contributed by atoms with van der Waals surface area (Å²) >= 11 is 8.53. The summed E-state index contributed by atoms with van der Waals surface area (Å²) in [6.45, 7) is 2.80. The molecule has 0 aromatic carbocycles. The van der Waals surface area contributed by atoms with E-state index in [9.17, 15) is 5.11 Å². The van der Waals surface area contributed by atoms with E-state index in [1.165, 1.54) is 6.42 Å². The van der Waals surface area contributed by atoms with Crippen LogP contribution >= 0.6 is 43.2 Å². The van der Waals surface area contributed by atoms with Crippen molar-refractivity contribution in [3.05, 3.63) is 19.2 Å². The maximum absolute atomic E-state index is 10.6. The second-order valence-corrected chi connectivity index (χ2v) is 8.34. The van der Waals surface area contributed by atoms with Gasteiger partial charge in [0.25, 0.3) is 0 Å². The average Bonchev–Trinajstić information content (AvgIpc) is 2.84. The molecule has 5 heteroatoms. The van der Waals surface area contributed by atoms with E-state index in [0.717, 1.165) is 26.0 Å². The Labute approximate surface area is 123 Å². The summed E-state index contributed by atoms with van der Waals surface area (Å²) in [6.07, 6.45) is 2.78. The van der Waals surface area contributed by atoms with Gasteiger partial charge in [-0.1, -0.05) is 13.3 Å². The van der Waals surface area contributed by atoms with E-state index in [0.29, 0.717) is 12.5 Å². The molecule has 96 valence electrons. The molecule has 0 radical (unpaired) electrons. The Balaban J connectivity index is 2.26. The summed E-state index contributed by atoms with van der Waals surface area (Å²) in [7, 11) is 0. The van der Waals surface area contributed by atoms with Crippen LogP contribution in [0, 0.1) is 11.3 Å². The maximum atomic E-state index is 10.6. The number of thiophene rings is 1. The predicted octanol–water partition coefficient (Wildman–Crippen LogP) is 4.07. The molecule has 17 heavy (non-hydrogen) atoms. The molecule has 0 aliphatic heterocycles. The van der Waals surface area contributed by atoms with Crippen molar-refractivity contribution in [1.29, 1.82) is 0 Å². The van der Waals surface area contributed by atoms with E-state index in [4.69, 9.17) is 5.73 Å². The van der Waals surface area contributed by atoms with Crippen molar-refractivity contribution in [2.45, 2.75) is 32.3 Å². The van der Waals surface area contributed by atoms with Crippen LogP contribution in [0.25, 0.3) is 0 Å². The first-order valence-electron chi connectivity index (χ1n) is 5.81. The van der Waals surface area contributed by atoms with Crippen LogP contribution < -0.4 is 5.73 Å². The Morgan fingerprint density at radius 3 is 2.76 bits per heavy atom. The van der Waals surface area contributed by atoms with E-state index < -0.39 is 6.10 Å². The van der Waals surface area contributed by atoms with Gasteiger partial charge < -0.3 is 10.8 Å². The van der Waals surface area contributed by atoms with Crippen molar-refractivity contribution >= 4 is 43.2 Å². The van der Waals surface area contributed by atoms with Crippen LogP contribution in [0.5, 0.6) is 0 Å². The summed E-state index contributed by atoms with van der Waals surface area (Å²) in [4.78, 5) is 1.00. The zero-order valence-corrected chi connectivity index (χ0v) is 13.7. The van der Waals surface area contributed by atoms with Gasteiger partial charge in [0.2, 0.25) is 0 Å². The van der Waals surface area contributed by atoms with Crippen LogP contribution in [-0.4, -0.2) is 11.7 Å². The van der Waals surface area contributed by atoms with Gasteiger partial charge in [-0.25, -0.2) is 0 Å². The zero-order chi connectivity index (χ0) is 12.6. The minimum atomic E-state index is -0.440. The van der Waals surface area contributed by atoms with Gasteiger partial charge in [0.1, 0.15) is 0 Å². The summed E-state index contributed by atoms with van der Waals surface area (Å²) < 4.78 is 2.04. The Morgan fingerprint density at radius 2 is 2.35 bits per heavy atom. The molecule has 1 fully saturated rings. The summed E-state index contributed by atoms with van der Waals surface area (Å²) in [6, 6.07) is 2.00. The number of halogens is 2. The lowest BCUT2D eigenvalue weighted by molar-refractivity contribution is 0.0336. The second kappa shape index (κ2) is 5.29. The molecular formula is C12H17Br2NOS. The fourth-order valence-electron chi connectivity index (χ4n) is 2.78. The fourth-order valence-corrected chi connectivity index (χ4v) is 5.00. The highest BCUT2D eigenvalue weighted by Gasteiger charge is 2.43. The molecule has 1 aliphatic carbocycles. The molecule has 1 saturated carbocycles. The highest BCUT2D eigenvalue weighted by Crippen LogP contribution is 2.51. The molecule has 2 rings (SSSR count). The number of nitrogens with two attached hydrogens (primary N) is 1. The first-order chi connectivity index (χ1) is 7.98. The van der Waals surface area contributed by atoms with Crippen LogP contribution in [0.1, 0.15) is 37.2 Å². The van der Waals surface area contributed by atoms with Crippen LogP contribution in [0.15, 0.2) is 14.3 Å². The molecule has 0 spiro atoms. The molecule has 0 saturated heterocycles. The highest BCUT2D eigenvalue weighted by atomic mass is 79.9. The van der Waals surface area contributed by atoms with E-state index in [1.54, 1.807) is 11.3 Å². The molecule has 0 amide bonds. The molecule has 3 unspecified atom stereocenters. The van der Waals surface area contributed by atoms with Gasteiger partial charge in [-0.2, -0.15) is 0 Å². The van der Waals surface area contributed by atoms with E-state index in [-0.39, 0.29) is 5.41 Å². The van der Waals surface area contributed by atoms with Crippen LogP contribution in [0.4, 0.5) is 0 Å². The van der Waals surface area contributed by atoms with Gasteiger partial charge in [0, 0.05) is 21.3 Å². The quantitative estimate of drug-likeness (QED) is 0.827. The van der Waals surface area contributed by atoms with Gasteiger partial charge in [0.05, 0.1) is 9.89 Å². The monoisotopic (exact) mass is 381 g/mol. The Morgan fingerprint density at radius 1 is 1.65 bits per heavy atom. The first kappa shape index (κ1) is 14.0. The summed E-state index contributed by atoms with van der Waals surface area (Å²) in [5.41, 5.74) is 5.81. The molecule has 3 N–H and O–H groups in total. The van der Waals surface area contributed by atoms with Gasteiger partial charge in [-0.3, -0.25) is 0 Å². The fraction of sp³-hybridized carbons (Fsp3) is 0.667. The molecular weight excluding hydrogens is 366 g/mol. The largest absolute Gasteiger partial charge is 0.387 e. The Kier molecular flexibility index (Phi) is 4.36. The summed E-state index contributed by atoms with van der Waals surface area (Å²) in [5.74, 6) is 0.667. The third-order valence-corrected chi connectivity index (χ3v) is 7.12. The topological polar surface area (TPSA) is 46.2 Å². The molecule has 1 aromatic heterocycles. The van der Waals surface area contributed by atoms with Crippen molar-refractivity contribution in [3.8, 4) is 0 Å². The van der Waals surface area contributed by atoms with Crippen molar-refractivity contribution in [1.82, 2.24) is 0 Å². The average molecular weight is 383 g/mol. The van der Waals surface area contributed by atoms with E-state index in [2.05, 4.69) is 38.8 Å². The van der Waals surface area contributed by atoms with Gasteiger partial charge in [-0.15, -0.1) is 11.3 Å². The molecule has 2 nitrogen and oxygen atoms in total. The minimum absolute atomic E-state index is 0.122. The van der Waals surface area contributed by atoms with Crippen LogP contribution in [-0.2, 0) is 0 Å². The van der Waals surface area contributed by atoms with Crippen molar-refractivity contribution in [3.63, 3.8) is 0 Å². The number of aliphatic hydroxyl groups is 1. The van der Waals surface area contributed by atoms with Crippen LogP contribution in [0.3, 0.4) is 0 Å². The molecule has 1 aromatic rings. The van der Waals surface area contributed by atoms with Gasteiger partial charge in [-0.05, 0) is 56.7 Å². The lowest BCUT2D eigenvalue weighted by atomic mass is 9.79. The van der Waals surface area contributed by atoms with Crippen LogP contribution in [0.2, 0.25) is 0 Å². The smallest absolute Gasteiger partial charge is 0.0950 e. The zero-order valence-electron chi connectivity index (χ0n) is 9.75. The second-order valence-electron chi connectivity index (χ2n) is 5.09. The standard InChI is InChI=1S/C12H17Br2NOS/c1-7-2-3-12(5-7,6-15)10(16)9-4-8(13)11(14)17-9/h4,7,10,16H,2-3,5-6,15H2,1H3. The lowest BCUT2D eigenvalue weighted by Gasteiger charge is -2.32. The number of rotatable bonds is 3. The SMILES string of the molecule is CC1CCC(CN)(C(O)c2cc(Br)c(Br)s2)C1. The molecule has 0 bridgehead atoms. The number of hydrogen-bond acceptors (Lipinski definition) is 3. The minimum Gasteiger partial charge on any atom is -0.387 e. The third kappa shape index (κ3) is 2.63. The predicted molar refractivity (Wildman–Crippen MR) is 79.2 cm³/mol. The molecule has 1 heterocycles. The van der Waals surface area contributed by atoms with Gasteiger partial charge in [0.15, 0.2) is 0 Å².